The molecule has 0 radical (unpaired) electrons. The van der Waals surface area contributed by atoms with Gasteiger partial charge in [-0.25, -0.2) is 0 Å². The minimum atomic E-state index is 0.328. The van der Waals surface area contributed by atoms with Crippen molar-refractivity contribution in [1.82, 2.24) is 4.90 Å². The molecule has 0 rings (SSSR count). The van der Waals surface area contributed by atoms with Crippen molar-refractivity contribution in [2.75, 3.05) is 26.2 Å². The van der Waals surface area contributed by atoms with E-state index in [1.165, 1.54) is 70.8 Å². The van der Waals surface area contributed by atoms with Crippen molar-refractivity contribution in [3.63, 3.8) is 0 Å². The van der Waals surface area contributed by atoms with E-state index >= 15 is 0 Å². The summed E-state index contributed by atoms with van der Waals surface area (Å²) in [5, 5.41) is 8.83. The SMILES string of the molecule is CCCCCCCCCCCCN(CC)CCCO. The van der Waals surface area contributed by atoms with Crippen molar-refractivity contribution in [2.24, 2.45) is 0 Å². The van der Waals surface area contributed by atoms with Gasteiger partial charge < -0.3 is 10.0 Å². The molecule has 0 aliphatic carbocycles. The second-order valence-electron chi connectivity index (χ2n) is 5.69. The van der Waals surface area contributed by atoms with E-state index in [2.05, 4.69) is 18.7 Å². The highest BCUT2D eigenvalue weighted by atomic mass is 16.3. The molecular formula is C17H37NO. The van der Waals surface area contributed by atoms with Crippen LogP contribution in [0.3, 0.4) is 0 Å². The maximum absolute atomic E-state index is 8.83. The zero-order chi connectivity index (χ0) is 14.2. The number of aliphatic hydroxyl groups excluding tert-OH is 1. The highest BCUT2D eigenvalue weighted by Gasteiger charge is 2.00. The quantitative estimate of drug-likeness (QED) is 0.440. The van der Waals surface area contributed by atoms with Gasteiger partial charge in [0.05, 0.1) is 0 Å². The van der Waals surface area contributed by atoms with Crippen LogP contribution in [0.1, 0.15) is 84.5 Å². The molecule has 0 fully saturated rings. The lowest BCUT2D eigenvalue weighted by atomic mass is 10.1. The van der Waals surface area contributed by atoms with Crippen LogP contribution in [0.15, 0.2) is 0 Å². The summed E-state index contributed by atoms with van der Waals surface area (Å²) >= 11 is 0. The van der Waals surface area contributed by atoms with Crippen LogP contribution >= 0.6 is 0 Å². The van der Waals surface area contributed by atoms with Gasteiger partial charge in [-0.2, -0.15) is 0 Å². The van der Waals surface area contributed by atoms with Gasteiger partial charge in [0.1, 0.15) is 0 Å². The first kappa shape index (κ1) is 18.9. The maximum Gasteiger partial charge on any atom is 0.0443 e. The molecule has 0 unspecified atom stereocenters. The Labute approximate surface area is 121 Å². The summed E-state index contributed by atoms with van der Waals surface area (Å²) < 4.78 is 0. The molecule has 0 heterocycles. The number of unbranched alkanes of at least 4 members (excludes halogenated alkanes) is 9. The molecule has 0 saturated heterocycles. The fourth-order valence-electron chi connectivity index (χ4n) is 2.55. The third-order valence-corrected chi connectivity index (χ3v) is 3.91. The van der Waals surface area contributed by atoms with E-state index in [4.69, 9.17) is 5.11 Å². The highest BCUT2D eigenvalue weighted by Crippen LogP contribution is 2.10. The Morgan fingerprint density at radius 3 is 1.58 bits per heavy atom. The van der Waals surface area contributed by atoms with Crippen LogP contribution in [0, 0.1) is 0 Å². The molecule has 0 aromatic carbocycles. The van der Waals surface area contributed by atoms with E-state index in [0.717, 1.165) is 19.5 Å². The summed E-state index contributed by atoms with van der Waals surface area (Å²) in [6, 6.07) is 0. The topological polar surface area (TPSA) is 23.5 Å². The zero-order valence-electron chi connectivity index (χ0n) is 13.5. The first-order valence-corrected chi connectivity index (χ1v) is 8.68. The summed E-state index contributed by atoms with van der Waals surface area (Å²) in [6.45, 7) is 8.22. The second-order valence-corrected chi connectivity index (χ2v) is 5.69. The molecule has 2 nitrogen and oxygen atoms in total. The molecular weight excluding hydrogens is 234 g/mol. The zero-order valence-corrected chi connectivity index (χ0v) is 13.5. The van der Waals surface area contributed by atoms with E-state index in [1.807, 2.05) is 0 Å². The smallest absolute Gasteiger partial charge is 0.0443 e. The third-order valence-electron chi connectivity index (χ3n) is 3.91. The molecule has 0 aromatic heterocycles. The Morgan fingerprint density at radius 1 is 0.632 bits per heavy atom. The van der Waals surface area contributed by atoms with Crippen molar-refractivity contribution < 1.29 is 5.11 Å². The van der Waals surface area contributed by atoms with Crippen molar-refractivity contribution in [1.29, 1.82) is 0 Å². The van der Waals surface area contributed by atoms with E-state index in [9.17, 15) is 0 Å². The predicted molar refractivity (Wildman–Crippen MR) is 85.7 cm³/mol. The summed E-state index contributed by atoms with van der Waals surface area (Å²) in [4.78, 5) is 2.46. The van der Waals surface area contributed by atoms with E-state index in [-0.39, 0.29) is 0 Å². The fourth-order valence-corrected chi connectivity index (χ4v) is 2.55. The maximum atomic E-state index is 8.83. The Balaban J connectivity index is 3.16. The Morgan fingerprint density at radius 2 is 1.11 bits per heavy atom. The number of aliphatic hydroxyl groups is 1. The molecule has 0 amide bonds. The molecule has 2 heteroatoms. The van der Waals surface area contributed by atoms with Crippen LogP contribution in [0.5, 0.6) is 0 Å². The Hall–Kier alpha value is -0.0800. The number of rotatable bonds is 15. The van der Waals surface area contributed by atoms with Crippen LogP contribution in [0.25, 0.3) is 0 Å². The molecule has 0 saturated carbocycles. The van der Waals surface area contributed by atoms with Gasteiger partial charge in [-0.1, -0.05) is 71.6 Å². The normalized spacial score (nSPS) is 11.4. The van der Waals surface area contributed by atoms with Crippen LogP contribution in [0.2, 0.25) is 0 Å². The van der Waals surface area contributed by atoms with Crippen molar-refractivity contribution >= 4 is 0 Å². The summed E-state index contributed by atoms with van der Waals surface area (Å²) in [6.07, 6.45) is 15.0. The first-order valence-electron chi connectivity index (χ1n) is 8.68. The largest absolute Gasteiger partial charge is 0.396 e. The summed E-state index contributed by atoms with van der Waals surface area (Å²) in [7, 11) is 0. The molecule has 0 bridgehead atoms. The third kappa shape index (κ3) is 14.1. The van der Waals surface area contributed by atoms with E-state index in [1.54, 1.807) is 0 Å². The van der Waals surface area contributed by atoms with Gasteiger partial charge in [0.25, 0.3) is 0 Å². The lowest BCUT2D eigenvalue weighted by molar-refractivity contribution is 0.227. The van der Waals surface area contributed by atoms with Crippen LogP contribution in [0.4, 0.5) is 0 Å². The van der Waals surface area contributed by atoms with Gasteiger partial charge in [0.2, 0.25) is 0 Å². The van der Waals surface area contributed by atoms with Crippen LogP contribution in [-0.4, -0.2) is 36.2 Å². The predicted octanol–water partition coefficient (Wildman–Crippen LogP) is 4.61. The van der Waals surface area contributed by atoms with Crippen molar-refractivity contribution in [2.45, 2.75) is 84.5 Å². The molecule has 0 aliphatic heterocycles. The molecule has 19 heavy (non-hydrogen) atoms. The van der Waals surface area contributed by atoms with Crippen LogP contribution < -0.4 is 0 Å². The van der Waals surface area contributed by atoms with Crippen LogP contribution in [-0.2, 0) is 0 Å². The van der Waals surface area contributed by atoms with Gasteiger partial charge in [0.15, 0.2) is 0 Å². The highest BCUT2D eigenvalue weighted by molar-refractivity contribution is 4.56. The second kappa shape index (κ2) is 16.0. The molecule has 0 aromatic rings. The lowest BCUT2D eigenvalue weighted by Gasteiger charge is -2.19. The van der Waals surface area contributed by atoms with Crippen molar-refractivity contribution in [3.05, 3.63) is 0 Å². The average Bonchev–Trinajstić information content (AvgIpc) is 2.44. The average molecular weight is 271 g/mol. The lowest BCUT2D eigenvalue weighted by Crippen LogP contribution is -2.26. The van der Waals surface area contributed by atoms with Gasteiger partial charge in [0, 0.05) is 13.2 Å². The Bertz CT molecular complexity index is 161. The number of hydrogen-bond acceptors (Lipinski definition) is 2. The number of hydrogen-bond donors (Lipinski definition) is 1. The summed E-state index contributed by atoms with van der Waals surface area (Å²) in [5.41, 5.74) is 0. The van der Waals surface area contributed by atoms with E-state index < -0.39 is 0 Å². The summed E-state index contributed by atoms with van der Waals surface area (Å²) in [5.74, 6) is 0. The standard InChI is InChI=1S/C17H37NO/c1-3-5-6-7-8-9-10-11-12-13-15-18(4-2)16-14-17-19/h19H,3-17H2,1-2H3. The Kier molecular flexibility index (Phi) is 15.9. The molecule has 0 aliphatic rings. The minimum absolute atomic E-state index is 0.328. The van der Waals surface area contributed by atoms with Gasteiger partial charge >= 0.3 is 0 Å². The van der Waals surface area contributed by atoms with Gasteiger partial charge in [-0.15, -0.1) is 0 Å². The molecule has 0 atom stereocenters. The molecule has 116 valence electrons. The molecule has 1 N–H and O–H groups in total. The van der Waals surface area contributed by atoms with E-state index in [0.29, 0.717) is 6.61 Å². The minimum Gasteiger partial charge on any atom is -0.396 e. The van der Waals surface area contributed by atoms with Crippen molar-refractivity contribution in [3.8, 4) is 0 Å². The van der Waals surface area contributed by atoms with Gasteiger partial charge in [-0.05, 0) is 25.9 Å². The molecule has 0 spiro atoms. The monoisotopic (exact) mass is 271 g/mol. The number of nitrogens with zero attached hydrogens (tertiary/aromatic N) is 1. The fraction of sp³-hybridized carbons (Fsp3) is 1.00. The first-order chi connectivity index (χ1) is 9.35. The van der Waals surface area contributed by atoms with Gasteiger partial charge in [-0.3, -0.25) is 0 Å².